The lowest BCUT2D eigenvalue weighted by molar-refractivity contribution is 0.122. The number of nitrogens with zero attached hydrogens (tertiary/aromatic N) is 5. The zero-order chi connectivity index (χ0) is 18.1. The molecule has 0 aliphatic carbocycles. The summed E-state index contributed by atoms with van der Waals surface area (Å²) in [5, 5.41) is 0. The van der Waals surface area contributed by atoms with Crippen molar-refractivity contribution in [2.24, 2.45) is 0 Å². The number of aryl methyl sites for hydroxylation is 1. The molecule has 0 spiro atoms. The lowest BCUT2D eigenvalue weighted by atomic mass is 10.1. The molecule has 0 bridgehead atoms. The Kier molecular flexibility index (Phi) is 4.46. The Balaban J connectivity index is 1.80. The summed E-state index contributed by atoms with van der Waals surface area (Å²) in [6, 6.07) is 3.95. The number of anilines is 1. The first kappa shape index (κ1) is 16.8. The molecule has 0 atom stereocenters. The predicted molar refractivity (Wildman–Crippen MR) is 99.8 cm³/mol. The normalized spacial score (nSPS) is 15.0. The van der Waals surface area contributed by atoms with Crippen molar-refractivity contribution in [3.05, 3.63) is 36.4 Å². The van der Waals surface area contributed by atoms with Crippen LogP contribution in [0.25, 0.3) is 16.9 Å². The highest BCUT2D eigenvalue weighted by atomic mass is 16.5. The van der Waals surface area contributed by atoms with Gasteiger partial charge in [0.2, 0.25) is 5.88 Å². The number of hydrogen-bond acceptors (Lipinski definition) is 6. The first-order valence-corrected chi connectivity index (χ1v) is 8.93. The van der Waals surface area contributed by atoms with Crippen molar-refractivity contribution in [1.29, 1.82) is 0 Å². The van der Waals surface area contributed by atoms with Gasteiger partial charge in [0.25, 0.3) is 0 Å². The molecule has 3 aromatic rings. The minimum Gasteiger partial charge on any atom is -0.475 e. The molecule has 7 heteroatoms. The van der Waals surface area contributed by atoms with E-state index in [0.717, 1.165) is 54.7 Å². The molecule has 1 aliphatic heterocycles. The van der Waals surface area contributed by atoms with Gasteiger partial charge in [-0.1, -0.05) is 0 Å². The molecule has 0 amide bonds. The zero-order valence-corrected chi connectivity index (χ0v) is 15.3. The van der Waals surface area contributed by atoms with Gasteiger partial charge in [-0.15, -0.1) is 0 Å². The predicted octanol–water partition coefficient (Wildman–Crippen LogP) is 2.72. The minimum absolute atomic E-state index is 0.0816. The smallest absolute Gasteiger partial charge is 0.214 e. The Morgan fingerprint density at radius 2 is 1.96 bits per heavy atom. The number of pyridine rings is 1. The van der Waals surface area contributed by atoms with Crippen LogP contribution in [0.2, 0.25) is 0 Å². The van der Waals surface area contributed by atoms with E-state index < -0.39 is 0 Å². The average Bonchev–Trinajstić information content (AvgIpc) is 2.98. The SMILES string of the molecule is Cc1nc2c(N3CCOCC3)nccn2c1-c1ccnc(OC(C)C)c1. The van der Waals surface area contributed by atoms with Crippen LogP contribution in [0.3, 0.4) is 0 Å². The van der Waals surface area contributed by atoms with Crippen LogP contribution in [0, 0.1) is 6.92 Å². The van der Waals surface area contributed by atoms with Crippen LogP contribution >= 0.6 is 0 Å². The van der Waals surface area contributed by atoms with Gasteiger partial charge in [-0.05, 0) is 26.8 Å². The largest absolute Gasteiger partial charge is 0.475 e. The van der Waals surface area contributed by atoms with E-state index in [0.29, 0.717) is 5.88 Å². The van der Waals surface area contributed by atoms with Gasteiger partial charge in [-0.2, -0.15) is 0 Å². The first-order valence-electron chi connectivity index (χ1n) is 8.93. The van der Waals surface area contributed by atoms with Gasteiger partial charge in [0.05, 0.1) is 30.7 Å². The van der Waals surface area contributed by atoms with Crippen LogP contribution in [-0.2, 0) is 4.74 Å². The monoisotopic (exact) mass is 353 g/mol. The number of fused-ring (bicyclic) bond motifs is 1. The van der Waals surface area contributed by atoms with E-state index in [1.165, 1.54) is 0 Å². The summed E-state index contributed by atoms with van der Waals surface area (Å²) in [6.45, 7) is 9.10. The van der Waals surface area contributed by atoms with Crippen LogP contribution in [0.4, 0.5) is 5.82 Å². The molecule has 1 fully saturated rings. The van der Waals surface area contributed by atoms with E-state index in [1.807, 2.05) is 45.3 Å². The highest BCUT2D eigenvalue weighted by Gasteiger charge is 2.20. The Morgan fingerprint density at radius 1 is 1.15 bits per heavy atom. The van der Waals surface area contributed by atoms with Gasteiger partial charge in [-0.3, -0.25) is 4.40 Å². The second kappa shape index (κ2) is 6.92. The molecule has 4 heterocycles. The van der Waals surface area contributed by atoms with Crippen molar-refractivity contribution >= 4 is 11.5 Å². The summed E-state index contributed by atoms with van der Waals surface area (Å²) >= 11 is 0. The summed E-state index contributed by atoms with van der Waals surface area (Å²) in [7, 11) is 0. The van der Waals surface area contributed by atoms with Gasteiger partial charge in [0.1, 0.15) is 0 Å². The fourth-order valence-electron chi connectivity index (χ4n) is 3.29. The van der Waals surface area contributed by atoms with Crippen LogP contribution in [0.1, 0.15) is 19.5 Å². The topological polar surface area (TPSA) is 64.8 Å². The molecule has 7 nitrogen and oxygen atoms in total. The van der Waals surface area contributed by atoms with E-state index in [-0.39, 0.29) is 6.10 Å². The molecule has 0 unspecified atom stereocenters. The summed E-state index contributed by atoms with van der Waals surface area (Å²) in [4.78, 5) is 15.9. The van der Waals surface area contributed by atoms with E-state index in [1.54, 1.807) is 6.20 Å². The first-order chi connectivity index (χ1) is 12.6. The van der Waals surface area contributed by atoms with E-state index in [2.05, 4.69) is 19.3 Å². The summed E-state index contributed by atoms with van der Waals surface area (Å²) in [5.41, 5.74) is 3.88. The third kappa shape index (κ3) is 3.10. The fraction of sp³-hybridized carbons (Fsp3) is 0.421. The lowest BCUT2D eigenvalue weighted by Gasteiger charge is -2.27. The number of rotatable bonds is 4. The van der Waals surface area contributed by atoms with Gasteiger partial charge < -0.3 is 14.4 Å². The lowest BCUT2D eigenvalue weighted by Crippen LogP contribution is -2.37. The van der Waals surface area contributed by atoms with Crippen molar-refractivity contribution in [3.8, 4) is 17.1 Å². The molecule has 0 radical (unpaired) electrons. The zero-order valence-electron chi connectivity index (χ0n) is 15.3. The summed E-state index contributed by atoms with van der Waals surface area (Å²) in [5.74, 6) is 1.52. The maximum atomic E-state index is 5.75. The van der Waals surface area contributed by atoms with Crippen molar-refractivity contribution in [2.45, 2.75) is 26.9 Å². The number of imidazole rings is 1. The molecule has 1 aliphatic rings. The Labute approximate surface area is 152 Å². The molecule has 0 N–H and O–H groups in total. The number of hydrogen-bond donors (Lipinski definition) is 0. The Morgan fingerprint density at radius 3 is 2.73 bits per heavy atom. The standard InChI is InChI=1S/C19H23N5O2/c1-13(2)26-16-12-15(4-5-20-16)17-14(3)22-19-18(21-6-7-24(17)19)23-8-10-25-11-9-23/h4-7,12-13H,8-11H2,1-3H3. The average molecular weight is 353 g/mol. The molecule has 4 rings (SSSR count). The maximum absolute atomic E-state index is 5.75. The molecular formula is C19H23N5O2. The van der Waals surface area contributed by atoms with Gasteiger partial charge in [-0.25, -0.2) is 15.0 Å². The van der Waals surface area contributed by atoms with E-state index >= 15 is 0 Å². The molecule has 1 saturated heterocycles. The van der Waals surface area contributed by atoms with E-state index in [9.17, 15) is 0 Å². The molecule has 0 saturated carbocycles. The second-order valence-corrected chi connectivity index (χ2v) is 6.64. The highest BCUT2D eigenvalue weighted by Crippen LogP contribution is 2.30. The summed E-state index contributed by atoms with van der Waals surface area (Å²) < 4.78 is 13.3. The third-order valence-corrected chi connectivity index (χ3v) is 4.37. The maximum Gasteiger partial charge on any atom is 0.214 e. The molecule has 0 aromatic carbocycles. The van der Waals surface area contributed by atoms with Gasteiger partial charge in [0.15, 0.2) is 11.5 Å². The van der Waals surface area contributed by atoms with Gasteiger partial charge in [0, 0.05) is 43.3 Å². The molecule has 26 heavy (non-hydrogen) atoms. The Bertz CT molecular complexity index is 915. The van der Waals surface area contributed by atoms with Crippen molar-refractivity contribution in [1.82, 2.24) is 19.4 Å². The minimum atomic E-state index is 0.0816. The highest BCUT2D eigenvalue weighted by molar-refractivity contribution is 5.74. The van der Waals surface area contributed by atoms with Crippen LogP contribution < -0.4 is 9.64 Å². The molecule has 3 aromatic heterocycles. The van der Waals surface area contributed by atoms with Crippen molar-refractivity contribution < 1.29 is 9.47 Å². The van der Waals surface area contributed by atoms with Crippen molar-refractivity contribution in [2.75, 3.05) is 31.2 Å². The number of ether oxygens (including phenoxy) is 2. The molecule has 136 valence electrons. The Hall–Kier alpha value is -2.67. The molecular weight excluding hydrogens is 330 g/mol. The fourth-order valence-corrected chi connectivity index (χ4v) is 3.29. The van der Waals surface area contributed by atoms with Crippen LogP contribution in [-0.4, -0.2) is 51.8 Å². The quantitative estimate of drug-likeness (QED) is 0.719. The number of morpholine rings is 1. The van der Waals surface area contributed by atoms with Crippen LogP contribution in [0.5, 0.6) is 5.88 Å². The summed E-state index contributed by atoms with van der Waals surface area (Å²) in [6.07, 6.45) is 5.64. The second-order valence-electron chi connectivity index (χ2n) is 6.64. The third-order valence-electron chi connectivity index (χ3n) is 4.37. The van der Waals surface area contributed by atoms with E-state index in [4.69, 9.17) is 14.5 Å². The van der Waals surface area contributed by atoms with Gasteiger partial charge >= 0.3 is 0 Å². The van der Waals surface area contributed by atoms with Crippen LogP contribution in [0.15, 0.2) is 30.7 Å². The van der Waals surface area contributed by atoms with Crippen molar-refractivity contribution in [3.63, 3.8) is 0 Å². The number of aromatic nitrogens is 4.